The lowest BCUT2D eigenvalue weighted by atomic mass is 10.2. The van der Waals surface area contributed by atoms with Crippen molar-refractivity contribution in [3.05, 3.63) is 35.9 Å². The largest absolute Gasteiger partial charge is 0.296 e. The molecular formula is C11H14N2. The lowest BCUT2D eigenvalue weighted by Crippen LogP contribution is -1.88. The fourth-order valence-corrected chi connectivity index (χ4v) is 0.954. The van der Waals surface area contributed by atoms with E-state index in [-0.39, 0.29) is 0 Å². The molecule has 13 heavy (non-hydrogen) atoms. The predicted octanol–water partition coefficient (Wildman–Crippen LogP) is 2.20. The van der Waals surface area contributed by atoms with Gasteiger partial charge >= 0.3 is 0 Å². The highest BCUT2D eigenvalue weighted by Crippen LogP contribution is 1.93. The van der Waals surface area contributed by atoms with Crippen molar-refractivity contribution in [1.29, 1.82) is 0 Å². The Balaban J connectivity index is 2.32. The van der Waals surface area contributed by atoms with Crippen LogP contribution >= 0.6 is 0 Å². The first-order valence-corrected chi connectivity index (χ1v) is 4.43. The van der Waals surface area contributed by atoms with Gasteiger partial charge in [0.2, 0.25) is 0 Å². The van der Waals surface area contributed by atoms with Gasteiger partial charge in [0.05, 0.1) is 13.1 Å². The van der Waals surface area contributed by atoms with E-state index >= 15 is 0 Å². The second-order valence-corrected chi connectivity index (χ2v) is 2.61. The van der Waals surface area contributed by atoms with Gasteiger partial charge in [0, 0.05) is 6.21 Å². The Bertz CT molecular complexity index is 275. The number of aliphatic imine (C=N–C) groups is 2. The van der Waals surface area contributed by atoms with Crippen LogP contribution in [-0.2, 0) is 0 Å². The minimum Gasteiger partial charge on any atom is -0.296 e. The molecule has 0 unspecified atom stereocenters. The minimum absolute atomic E-state index is 0.763. The van der Waals surface area contributed by atoms with Crippen LogP contribution in [0.4, 0.5) is 0 Å². The molecule has 0 N–H and O–H groups in total. The Morgan fingerprint density at radius 2 is 1.77 bits per heavy atom. The van der Waals surface area contributed by atoms with Crippen LogP contribution in [0.2, 0.25) is 0 Å². The van der Waals surface area contributed by atoms with Crippen molar-refractivity contribution >= 4 is 12.4 Å². The summed E-state index contributed by atoms with van der Waals surface area (Å²) in [6.45, 7) is 3.46. The van der Waals surface area contributed by atoms with Gasteiger partial charge in [0.15, 0.2) is 0 Å². The zero-order valence-electron chi connectivity index (χ0n) is 7.85. The molecule has 0 aliphatic heterocycles. The van der Waals surface area contributed by atoms with E-state index < -0.39 is 0 Å². The first-order chi connectivity index (χ1) is 6.43. The maximum absolute atomic E-state index is 4.24. The molecule has 0 saturated heterocycles. The van der Waals surface area contributed by atoms with E-state index in [9.17, 15) is 0 Å². The zero-order chi connectivity index (χ0) is 9.36. The second-order valence-electron chi connectivity index (χ2n) is 2.61. The summed E-state index contributed by atoms with van der Waals surface area (Å²) in [6, 6.07) is 10.1. The maximum Gasteiger partial charge on any atom is 0.0585 e. The highest BCUT2D eigenvalue weighted by molar-refractivity contribution is 5.79. The van der Waals surface area contributed by atoms with E-state index in [0.717, 1.165) is 18.7 Å². The lowest BCUT2D eigenvalue weighted by molar-refractivity contribution is 0.984. The predicted molar refractivity (Wildman–Crippen MR) is 57.9 cm³/mol. The molecule has 0 aliphatic rings. The molecule has 0 spiro atoms. The van der Waals surface area contributed by atoms with Gasteiger partial charge in [-0.1, -0.05) is 30.3 Å². The van der Waals surface area contributed by atoms with Crippen molar-refractivity contribution in [1.82, 2.24) is 0 Å². The van der Waals surface area contributed by atoms with E-state index in [0.29, 0.717) is 0 Å². The first kappa shape index (κ1) is 9.65. The van der Waals surface area contributed by atoms with Crippen molar-refractivity contribution in [3.63, 3.8) is 0 Å². The van der Waals surface area contributed by atoms with Gasteiger partial charge in [-0.25, -0.2) is 0 Å². The number of hydrogen-bond acceptors (Lipinski definition) is 2. The quantitative estimate of drug-likeness (QED) is 0.494. The van der Waals surface area contributed by atoms with Gasteiger partial charge < -0.3 is 0 Å². The van der Waals surface area contributed by atoms with Crippen LogP contribution in [0.3, 0.4) is 0 Å². The molecule has 68 valence electrons. The van der Waals surface area contributed by atoms with Crippen molar-refractivity contribution in [3.8, 4) is 0 Å². The Labute approximate surface area is 79.0 Å². The van der Waals surface area contributed by atoms with Crippen molar-refractivity contribution in [2.45, 2.75) is 6.92 Å². The molecule has 0 radical (unpaired) electrons. The molecule has 2 heteroatoms. The SMILES string of the molecule is CC=NCCN=Cc1ccccc1. The molecule has 1 aromatic rings. The summed E-state index contributed by atoms with van der Waals surface area (Å²) < 4.78 is 0. The van der Waals surface area contributed by atoms with Crippen LogP contribution in [0.5, 0.6) is 0 Å². The smallest absolute Gasteiger partial charge is 0.0585 e. The van der Waals surface area contributed by atoms with Gasteiger partial charge in [-0.3, -0.25) is 9.98 Å². The fraction of sp³-hybridized carbons (Fsp3) is 0.273. The van der Waals surface area contributed by atoms with Crippen LogP contribution in [-0.4, -0.2) is 25.5 Å². The Kier molecular flexibility index (Phi) is 4.54. The number of benzene rings is 1. The van der Waals surface area contributed by atoms with E-state index in [1.54, 1.807) is 6.21 Å². The number of nitrogens with zero attached hydrogens (tertiary/aromatic N) is 2. The number of rotatable bonds is 4. The molecule has 0 aliphatic carbocycles. The monoisotopic (exact) mass is 174 g/mol. The van der Waals surface area contributed by atoms with E-state index in [4.69, 9.17) is 0 Å². The highest BCUT2D eigenvalue weighted by Gasteiger charge is 1.82. The molecular weight excluding hydrogens is 160 g/mol. The zero-order valence-corrected chi connectivity index (χ0v) is 7.85. The average molecular weight is 174 g/mol. The fourth-order valence-electron chi connectivity index (χ4n) is 0.954. The summed E-state index contributed by atoms with van der Waals surface area (Å²) in [6.07, 6.45) is 3.68. The third-order valence-electron chi connectivity index (χ3n) is 1.58. The Morgan fingerprint density at radius 3 is 2.46 bits per heavy atom. The average Bonchev–Trinajstić information content (AvgIpc) is 2.19. The van der Waals surface area contributed by atoms with Gasteiger partial charge in [0.1, 0.15) is 0 Å². The normalized spacial score (nSPS) is 11.5. The van der Waals surface area contributed by atoms with Gasteiger partial charge in [-0.2, -0.15) is 0 Å². The molecule has 2 nitrogen and oxygen atoms in total. The van der Waals surface area contributed by atoms with Crippen LogP contribution in [0.15, 0.2) is 40.3 Å². The van der Waals surface area contributed by atoms with E-state index in [1.165, 1.54) is 0 Å². The molecule has 1 aromatic carbocycles. The van der Waals surface area contributed by atoms with E-state index in [2.05, 4.69) is 9.98 Å². The molecule has 0 bridgehead atoms. The van der Waals surface area contributed by atoms with Crippen LogP contribution < -0.4 is 0 Å². The summed E-state index contributed by atoms with van der Waals surface area (Å²) >= 11 is 0. The standard InChI is InChI=1S/C11H14N2/c1-2-12-8-9-13-10-11-6-4-3-5-7-11/h2-7,10H,8-9H2,1H3. The third-order valence-corrected chi connectivity index (χ3v) is 1.58. The number of hydrogen-bond donors (Lipinski definition) is 0. The highest BCUT2D eigenvalue weighted by atomic mass is 14.8. The summed E-state index contributed by atoms with van der Waals surface area (Å²) in [5, 5.41) is 0. The molecule has 0 fully saturated rings. The van der Waals surface area contributed by atoms with Gasteiger partial charge in [-0.05, 0) is 18.7 Å². The van der Waals surface area contributed by atoms with Crippen LogP contribution in [0.25, 0.3) is 0 Å². The Hall–Kier alpha value is -1.44. The van der Waals surface area contributed by atoms with Crippen molar-refractivity contribution in [2.75, 3.05) is 13.1 Å². The first-order valence-electron chi connectivity index (χ1n) is 4.43. The van der Waals surface area contributed by atoms with Gasteiger partial charge in [-0.15, -0.1) is 0 Å². The summed E-state index contributed by atoms with van der Waals surface area (Å²) in [7, 11) is 0. The van der Waals surface area contributed by atoms with Gasteiger partial charge in [0.25, 0.3) is 0 Å². The summed E-state index contributed by atoms with van der Waals surface area (Å²) in [5.74, 6) is 0. The lowest BCUT2D eigenvalue weighted by Gasteiger charge is -1.90. The molecule has 1 rings (SSSR count). The molecule has 0 amide bonds. The Morgan fingerprint density at radius 1 is 1.08 bits per heavy atom. The van der Waals surface area contributed by atoms with Crippen LogP contribution in [0, 0.1) is 0 Å². The molecule has 0 aromatic heterocycles. The maximum atomic E-state index is 4.24. The minimum atomic E-state index is 0.763. The summed E-state index contributed by atoms with van der Waals surface area (Å²) in [5.41, 5.74) is 1.14. The molecule has 0 atom stereocenters. The van der Waals surface area contributed by atoms with Crippen molar-refractivity contribution in [2.24, 2.45) is 9.98 Å². The van der Waals surface area contributed by atoms with E-state index in [1.807, 2.05) is 43.5 Å². The third kappa shape index (κ3) is 4.21. The molecule has 0 heterocycles. The van der Waals surface area contributed by atoms with Crippen LogP contribution in [0.1, 0.15) is 12.5 Å². The van der Waals surface area contributed by atoms with Crippen molar-refractivity contribution < 1.29 is 0 Å². The summed E-state index contributed by atoms with van der Waals surface area (Å²) in [4.78, 5) is 8.30. The second kappa shape index (κ2) is 6.12. The molecule has 0 saturated carbocycles. The topological polar surface area (TPSA) is 24.7 Å².